The maximum atomic E-state index is 11.7. The summed E-state index contributed by atoms with van der Waals surface area (Å²) in [6.45, 7) is 3.06. The van der Waals surface area contributed by atoms with Gasteiger partial charge in [-0.2, -0.15) is 0 Å². The summed E-state index contributed by atoms with van der Waals surface area (Å²) in [6, 6.07) is 4.98. The molecule has 98 valence electrons. The molecule has 1 aromatic rings. The van der Waals surface area contributed by atoms with E-state index in [0.29, 0.717) is 11.3 Å². The normalized spacial score (nSPS) is 10.9. The summed E-state index contributed by atoms with van der Waals surface area (Å²) in [5.74, 6) is 3.97. The maximum Gasteiger partial charge on any atom is 0.267 e. The number of anilines is 1. The molecule has 0 aliphatic carbocycles. The van der Waals surface area contributed by atoms with Crippen molar-refractivity contribution in [2.45, 2.75) is 18.2 Å². The summed E-state index contributed by atoms with van der Waals surface area (Å²) < 4.78 is -1.58. The maximum absolute atomic E-state index is 11.7. The summed E-state index contributed by atoms with van der Waals surface area (Å²) in [5, 5.41) is 2.49. The third-order valence-corrected chi connectivity index (χ3v) is 2.62. The summed E-state index contributed by atoms with van der Waals surface area (Å²) in [7, 11) is 0. The lowest BCUT2D eigenvalue weighted by Crippen LogP contribution is -2.33. The predicted octanol–water partition coefficient (Wildman–Crippen LogP) is 1.73. The van der Waals surface area contributed by atoms with E-state index < -0.39 is 16.1 Å². The van der Waals surface area contributed by atoms with Gasteiger partial charge >= 0.3 is 0 Å². The van der Waals surface area contributed by atoms with E-state index in [-0.39, 0.29) is 5.56 Å². The van der Waals surface area contributed by atoms with Crippen molar-refractivity contribution in [1.29, 1.82) is 0 Å². The van der Waals surface area contributed by atoms with Gasteiger partial charge in [0.05, 0.1) is 11.3 Å². The van der Waals surface area contributed by atoms with Gasteiger partial charge in [-0.1, -0.05) is 35.3 Å². The molecule has 0 bridgehead atoms. The Morgan fingerprint density at radius 3 is 2.44 bits per heavy atom. The van der Waals surface area contributed by atoms with Gasteiger partial charge < -0.3 is 5.32 Å². The number of benzene rings is 1. The summed E-state index contributed by atoms with van der Waals surface area (Å²) >= 11 is 11.3. The average molecular weight is 290 g/mol. The van der Waals surface area contributed by atoms with Crippen LogP contribution >= 0.6 is 23.2 Å². The molecular formula is C11H13Cl2N3O2. The first-order chi connectivity index (χ1) is 8.27. The van der Waals surface area contributed by atoms with Crippen molar-refractivity contribution < 1.29 is 9.59 Å². The third kappa shape index (κ3) is 3.35. The molecule has 1 rings (SSSR count). The Bertz CT molecular complexity index is 484. The van der Waals surface area contributed by atoms with E-state index in [4.69, 9.17) is 29.0 Å². The van der Waals surface area contributed by atoms with Gasteiger partial charge in [0.15, 0.2) is 4.33 Å². The molecule has 5 nitrogen and oxygen atoms in total. The molecular weight excluding hydrogens is 277 g/mol. The van der Waals surface area contributed by atoms with Crippen LogP contribution in [-0.2, 0) is 4.79 Å². The Labute approximate surface area is 115 Å². The molecule has 1 aromatic carbocycles. The fraction of sp³-hybridized carbons (Fsp3) is 0.273. The minimum atomic E-state index is -1.58. The molecule has 2 amide bonds. The fourth-order valence-electron chi connectivity index (χ4n) is 1.38. The van der Waals surface area contributed by atoms with Crippen LogP contribution in [0.5, 0.6) is 0 Å². The largest absolute Gasteiger partial charge is 0.323 e. The highest BCUT2D eigenvalue weighted by molar-refractivity contribution is 6.58. The number of nitrogens with two attached hydrogens (primary N) is 1. The van der Waals surface area contributed by atoms with Crippen LogP contribution in [0.3, 0.4) is 0 Å². The number of hydrogen-bond donors (Lipinski definition) is 3. The molecule has 7 heteroatoms. The zero-order chi connectivity index (χ0) is 13.9. The molecule has 0 radical (unpaired) electrons. The van der Waals surface area contributed by atoms with Crippen LogP contribution in [-0.4, -0.2) is 16.1 Å². The number of amides is 2. The first-order valence-electron chi connectivity index (χ1n) is 5.07. The molecule has 0 unspecified atom stereocenters. The van der Waals surface area contributed by atoms with Crippen molar-refractivity contribution in [3.8, 4) is 0 Å². The lowest BCUT2D eigenvalue weighted by atomic mass is 10.1. The second-order valence-corrected chi connectivity index (χ2v) is 5.52. The summed E-state index contributed by atoms with van der Waals surface area (Å²) in [6.07, 6.45) is 0. The van der Waals surface area contributed by atoms with E-state index in [1.54, 1.807) is 25.1 Å². The van der Waals surface area contributed by atoms with Crippen molar-refractivity contribution >= 4 is 40.7 Å². The van der Waals surface area contributed by atoms with Gasteiger partial charge in [0.1, 0.15) is 0 Å². The van der Waals surface area contributed by atoms with E-state index in [0.717, 1.165) is 0 Å². The Kier molecular flexibility index (Phi) is 4.56. The van der Waals surface area contributed by atoms with Gasteiger partial charge in [-0.05, 0) is 25.5 Å². The van der Waals surface area contributed by atoms with Crippen molar-refractivity contribution in [3.05, 3.63) is 29.3 Å². The van der Waals surface area contributed by atoms with E-state index in [2.05, 4.69) is 5.32 Å². The highest BCUT2D eigenvalue weighted by Gasteiger charge is 2.28. The molecule has 0 saturated heterocycles. The Morgan fingerprint density at radius 1 is 1.33 bits per heavy atom. The molecule has 18 heavy (non-hydrogen) atoms. The van der Waals surface area contributed by atoms with Crippen LogP contribution in [0.2, 0.25) is 0 Å². The highest BCUT2D eigenvalue weighted by atomic mass is 35.5. The number of halogens is 2. The Balaban J connectivity index is 3.14. The van der Waals surface area contributed by atoms with Crippen molar-refractivity contribution in [2.75, 3.05) is 5.32 Å². The highest BCUT2D eigenvalue weighted by Crippen LogP contribution is 2.25. The quantitative estimate of drug-likeness (QED) is 0.343. The third-order valence-electron chi connectivity index (χ3n) is 2.28. The van der Waals surface area contributed by atoms with E-state index in [1.807, 2.05) is 5.43 Å². The number of nitrogens with one attached hydrogen (secondary N) is 2. The van der Waals surface area contributed by atoms with Gasteiger partial charge in [-0.3, -0.25) is 15.0 Å². The van der Waals surface area contributed by atoms with Crippen LogP contribution in [0.15, 0.2) is 18.2 Å². The topological polar surface area (TPSA) is 84.2 Å². The second-order valence-electron chi connectivity index (χ2n) is 3.81. The number of aryl methyl sites for hydroxylation is 1. The Morgan fingerprint density at radius 2 is 1.94 bits per heavy atom. The monoisotopic (exact) mass is 289 g/mol. The zero-order valence-electron chi connectivity index (χ0n) is 9.88. The van der Waals surface area contributed by atoms with Gasteiger partial charge in [-0.25, -0.2) is 5.84 Å². The first-order valence-corrected chi connectivity index (χ1v) is 5.82. The standard InChI is InChI=1S/C11H13Cl2N3O2/c1-6-4-3-5-7(8(6)9(17)16-14)15-10(18)11(2,12)13/h3-5H,14H2,1-2H3,(H,15,18)(H,16,17). The molecule has 0 spiro atoms. The molecule has 0 heterocycles. The van der Waals surface area contributed by atoms with E-state index >= 15 is 0 Å². The van der Waals surface area contributed by atoms with E-state index in [9.17, 15) is 9.59 Å². The van der Waals surface area contributed by atoms with Crippen molar-refractivity contribution in [2.24, 2.45) is 5.84 Å². The molecule has 0 saturated carbocycles. The lowest BCUT2D eigenvalue weighted by Gasteiger charge is -2.16. The molecule has 0 atom stereocenters. The van der Waals surface area contributed by atoms with Crippen molar-refractivity contribution in [3.63, 3.8) is 0 Å². The van der Waals surface area contributed by atoms with Crippen molar-refractivity contribution in [1.82, 2.24) is 5.43 Å². The zero-order valence-corrected chi connectivity index (χ0v) is 11.4. The number of nitrogen functional groups attached to an aromatic ring is 1. The fourth-order valence-corrected chi connectivity index (χ4v) is 1.47. The van der Waals surface area contributed by atoms with Gasteiger partial charge in [0, 0.05) is 0 Å². The minimum absolute atomic E-state index is 0.269. The number of hydrazine groups is 1. The predicted molar refractivity (Wildman–Crippen MR) is 71.6 cm³/mol. The summed E-state index contributed by atoms with van der Waals surface area (Å²) in [4.78, 5) is 23.3. The van der Waals surface area contributed by atoms with Crippen LogP contribution in [0.1, 0.15) is 22.8 Å². The molecule has 0 fully saturated rings. The second kappa shape index (κ2) is 5.56. The molecule has 4 N–H and O–H groups in total. The van der Waals surface area contributed by atoms with Crippen LogP contribution < -0.4 is 16.6 Å². The number of carbonyl (C=O) groups is 2. The van der Waals surface area contributed by atoms with Gasteiger partial charge in [-0.15, -0.1) is 0 Å². The molecule has 0 aliphatic heterocycles. The Hall–Kier alpha value is -1.30. The average Bonchev–Trinajstić information content (AvgIpc) is 2.27. The van der Waals surface area contributed by atoms with E-state index in [1.165, 1.54) is 6.92 Å². The van der Waals surface area contributed by atoms with Crippen LogP contribution in [0, 0.1) is 6.92 Å². The minimum Gasteiger partial charge on any atom is -0.323 e. The number of carbonyl (C=O) groups excluding carboxylic acids is 2. The van der Waals surface area contributed by atoms with Crippen LogP contribution in [0.4, 0.5) is 5.69 Å². The number of hydrogen-bond acceptors (Lipinski definition) is 3. The SMILES string of the molecule is Cc1cccc(NC(=O)C(C)(Cl)Cl)c1C(=O)NN. The summed E-state index contributed by atoms with van der Waals surface area (Å²) in [5.41, 5.74) is 3.26. The van der Waals surface area contributed by atoms with Gasteiger partial charge in [0.25, 0.3) is 11.8 Å². The smallest absolute Gasteiger partial charge is 0.267 e. The number of rotatable bonds is 3. The number of alkyl halides is 2. The first kappa shape index (κ1) is 14.8. The molecule has 0 aromatic heterocycles. The molecule has 0 aliphatic rings. The lowest BCUT2D eigenvalue weighted by molar-refractivity contribution is -0.116. The van der Waals surface area contributed by atoms with Gasteiger partial charge in [0.2, 0.25) is 0 Å². The van der Waals surface area contributed by atoms with Crippen LogP contribution in [0.25, 0.3) is 0 Å².